The van der Waals surface area contributed by atoms with Crippen LogP contribution in [0.3, 0.4) is 0 Å². The molecular weight excluding hydrogens is 230 g/mol. The van der Waals surface area contributed by atoms with Crippen molar-refractivity contribution in [1.82, 2.24) is 0 Å². The van der Waals surface area contributed by atoms with Crippen LogP contribution in [0.5, 0.6) is 5.75 Å². The second-order valence-corrected chi connectivity index (χ2v) is 4.14. The number of aliphatic hydroxyl groups excluding tert-OH is 1. The van der Waals surface area contributed by atoms with Gasteiger partial charge in [-0.2, -0.15) is 0 Å². The zero-order chi connectivity index (χ0) is 13.5. The predicted molar refractivity (Wildman–Crippen MR) is 73.4 cm³/mol. The minimum atomic E-state index is -0.562. The van der Waals surface area contributed by atoms with Gasteiger partial charge >= 0.3 is 0 Å². The SMILES string of the molecule is CCN(CCOC)c1cccc(OC)c1[C@@H](C)O. The third-order valence-corrected chi connectivity index (χ3v) is 2.97. The molecule has 0 aliphatic carbocycles. The summed E-state index contributed by atoms with van der Waals surface area (Å²) in [6, 6.07) is 5.81. The zero-order valence-corrected chi connectivity index (χ0v) is 11.6. The van der Waals surface area contributed by atoms with E-state index in [-0.39, 0.29) is 0 Å². The number of ether oxygens (including phenoxy) is 2. The van der Waals surface area contributed by atoms with Gasteiger partial charge < -0.3 is 19.5 Å². The summed E-state index contributed by atoms with van der Waals surface area (Å²) in [5, 5.41) is 9.95. The van der Waals surface area contributed by atoms with Crippen molar-refractivity contribution in [2.45, 2.75) is 20.0 Å². The molecule has 0 amide bonds. The number of aliphatic hydroxyl groups is 1. The van der Waals surface area contributed by atoms with E-state index in [0.29, 0.717) is 6.61 Å². The van der Waals surface area contributed by atoms with Gasteiger partial charge in [-0.1, -0.05) is 6.07 Å². The number of nitrogens with zero attached hydrogens (tertiary/aromatic N) is 1. The number of likely N-dealkylation sites (N-methyl/N-ethyl adjacent to an activating group) is 1. The van der Waals surface area contributed by atoms with Crippen LogP contribution in [0.15, 0.2) is 18.2 Å². The number of hydrogen-bond acceptors (Lipinski definition) is 4. The molecule has 1 atom stereocenters. The van der Waals surface area contributed by atoms with Gasteiger partial charge in [-0.05, 0) is 26.0 Å². The summed E-state index contributed by atoms with van der Waals surface area (Å²) in [4.78, 5) is 2.17. The standard InChI is InChI=1S/C14H23NO3/c1-5-15(9-10-17-3)12-7-6-8-13(18-4)14(12)11(2)16/h6-8,11,16H,5,9-10H2,1-4H3/t11-/m1/s1. The van der Waals surface area contributed by atoms with E-state index in [1.165, 1.54) is 0 Å². The first kappa shape index (κ1) is 14.8. The molecule has 102 valence electrons. The Labute approximate surface area is 109 Å². The van der Waals surface area contributed by atoms with Gasteiger partial charge in [0.2, 0.25) is 0 Å². The third kappa shape index (κ3) is 3.37. The van der Waals surface area contributed by atoms with Gasteiger partial charge in [0, 0.05) is 31.5 Å². The lowest BCUT2D eigenvalue weighted by molar-refractivity contribution is 0.193. The summed E-state index contributed by atoms with van der Waals surface area (Å²) in [7, 11) is 3.31. The normalized spacial score (nSPS) is 12.3. The quantitative estimate of drug-likeness (QED) is 0.809. The van der Waals surface area contributed by atoms with Crippen LogP contribution in [-0.4, -0.2) is 39.0 Å². The van der Waals surface area contributed by atoms with Crippen molar-refractivity contribution >= 4 is 5.69 Å². The number of anilines is 1. The highest BCUT2D eigenvalue weighted by Crippen LogP contribution is 2.34. The first-order valence-electron chi connectivity index (χ1n) is 6.24. The van der Waals surface area contributed by atoms with E-state index in [0.717, 1.165) is 30.1 Å². The molecule has 0 aromatic heterocycles. The van der Waals surface area contributed by atoms with Gasteiger partial charge in [0.25, 0.3) is 0 Å². The molecule has 1 aromatic carbocycles. The maximum Gasteiger partial charge on any atom is 0.126 e. The van der Waals surface area contributed by atoms with Gasteiger partial charge in [0.1, 0.15) is 5.75 Å². The van der Waals surface area contributed by atoms with E-state index in [9.17, 15) is 5.11 Å². The molecule has 1 rings (SSSR count). The summed E-state index contributed by atoms with van der Waals surface area (Å²) in [6.45, 7) is 6.15. The molecule has 4 heteroatoms. The van der Waals surface area contributed by atoms with E-state index < -0.39 is 6.10 Å². The fourth-order valence-corrected chi connectivity index (χ4v) is 2.06. The summed E-state index contributed by atoms with van der Waals surface area (Å²) >= 11 is 0. The molecule has 0 radical (unpaired) electrons. The van der Waals surface area contributed by atoms with Crippen molar-refractivity contribution in [1.29, 1.82) is 0 Å². The van der Waals surface area contributed by atoms with E-state index in [2.05, 4.69) is 11.8 Å². The largest absolute Gasteiger partial charge is 0.496 e. The Hall–Kier alpha value is -1.26. The maximum absolute atomic E-state index is 9.95. The Bertz CT molecular complexity index is 366. The monoisotopic (exact) mass is 253 g/mol. The van der Waals surface area contributed by atoms with Crippen molar-refractivity contribution in [3.63, 3.8) is 0 Å². The number of methoxy groups -OCH3 is 2. The molecule has 0 fully saturated rings. The highest BCUT2D eigenvalue weighted by molar-refractivity contribution is 5.60. The van der Waals surface area contributed by atoms with Crippen LogP contribution >= 0.6 is 0 Å². The van der Waals surface area contributed by atoms with Gasteiger partial charge in [-0.3, -0.25) is 0 Å². The Morgan fingerprint density at radius 3 is 2.56 bits per heavy atom. The highest BCUT2D eigenvalue weighted by atomic mass is 16.5. The van der Waals surface area contributed by atoms with Crippen molar-refractivity contribution < 1.29 is 14.6 Å². The lowest BCUT2D eigenvalue weighted by Crippen LogP contribution is -2.28. The van der Waals surface area contributed by atoms with Crippen LogP contribution < -0.4 is 9.64 Å². The van der Waals surface area contributed by atoms with Gasteiger partial charge in [-0.15, -0.1) is 0 Å². The molecule has 0 saturated carbocycles. The molecule has 1 N–H and O–H groups in total. The minimum Gasteiger partial charge on any atom is -0.496 e. The molecule has 0 bridgehead atoms. The summed E-state index contributed by atoms with van der Waals surface area (Å²) in [5.41, 5.74) is 1.84. The number of benzene rings is 1. The van der Waals surface area contributed by atoms with Crippen LogP contribution in [0.1, 0.15) is 25.5 Å². The second kappa shape index (κ2) is 7.24. The maximum atomic E-state index is 9.95. The highest BCUT2D eigenvalue weighted by Gasteiger charge is 2.17. The smallest absolute Gasteiger partial charge is 0.126 e. The Morgan fingerprint density at radius 1 is 1.33 bits per heavy atom. The zero-order valence-electron chi connectivity index (χ0n) is 11.6. The summed E-state index contributed by atoms with van der Waals surface area (Å²) in [5.74, 6) is 0.721. The molecule has 0 aliphatic rings. The van der Waals surface area contributed by atoms with Crippen LogP contribution in [0.25, 0.3) is 0 Å². The van der Waals surface area contributed by atoms with Crippen molar-refractivity contribution in [3.05, 3.63) is 23.8 Å². The lowest BCUT2D eigenvalue weighted by Gasteiger charge is -2.27. The van der Waals surface area contributed by atoms with Crippen molar-refractivity contribution in [2.75, 3.05) is 38.8 Å². The van der Waals surface area contributed by atoms with Crippen molar-refractivity contribution in [2.24, 2.45) is 0 Å². The van der Waals surface area contributed by atoms with Gasteiger partial charge in [0.15, 0.2) is 0 Å². The average molecular weight is 253 g/mol. The molecule has 0 spiro atoms. The van der Waals surface area contributed by atoms with Crippen LogP contribution in [0.4, 0.5) is 5.69 Å². The topological polar surface area (TPSA) is 41.9 Å². The van der Waals surface area contributed by atoms with Gasteiger partial charge in [0.05, 0.1) is 19.8 Å². The Balaban J connectivity index is 3.12. The van der Waals surface area contributed by atoms with E-state index >= 15 is 0 Å². The van der Waals surface area contributed by atoms with Crippen LogP contribution in [-0.2, 0) is 4.74 Å². The molecule has 0 unspecified atom stereocenters. The van der Waals surface area contributed by atoms with Gasteiger partial charge in [-0.25, -0.2) is 0 Å². The molecule has 1 aromatic rings. The first-order valence-corrected chi connectivity index (χ1v) is 6.24. The fourth-order valence-electron chi connectivity index (χ4n) is 2.06. The second-order valence-electron chi connectivity index (χ2n) is 4.14. The Kier molecular flexibility index (Phi) is 5.95. The van der Waals surface area contributed by atoms with Crippen LogP contribution in [0, 0.1) is 0 Å². The Morgan fingerprint density at radius 2 is 2.06 bits per heavy atom. The molecule has 18 heavy (non-hydrogen) atoms. The minimum absolute atomic E-state index is 0.562. The predicted octanol–water partition coefficient (Wildman–Crippen LogP) is 2.22. The molecular formula is C14H23NO3. The summed E-state index contributed by atoms with van der Waals surface area (Å²) < 4.78 is 10.4. The molecule has 4 nitrogen and oxygen atoms in total. The van der Waals surface area contributed by atoms with E-state index in [1.807, 2.05) is 18.2 Å². The lowest BCUT2D eigenvalue weighted by atomic mass is 10.1. The van der Waals surface area contributed by atoms with E-state index in [4.69, 9.17) is 9.47 Å². The van der Waals surface area contributed by atoms with Crippen molar-refractivity contribution in [3.8, 4) is 5.75 Å². The third-order valence-electron chi connectivity index (χ3n) is 2.97. The first-order chi connectivity index (χ1) is 8.65. The number of hydrogen-bond donors (Lipinski definition) is 1. The average Bonchev–Trinajstić information content (AvgIpc) is 2.38. The fraction of sp³-hybridized carbons (Fsp3) is 0.571. The number of rotatable bonds is 7. The summed E-state index contributed by atoms with van der Waals surface area (Å²) in [6.07, 6.45) is -0.562. The van der Waals surface area contributed by atoms with E-state index in [1.54, 1.807) is 21.1 Å². The van der Waals surface area contributed by atoms with Crippen LogP contribution in [0.2, 0.25) is 0 Å². The molecule has 0 heterocycles. The molecule has 0 saturated heterocycles. The molecule has 0 aliphatic heterocycles.